The smallest absolute Gasteiger partial charge is 0.227 e. The van der Waals surface area contributed by atoms with Crippen molar-refractivity contribution in [3.8, 4) is 0 Å². The highest BCUT2D eigenvalue weighted by Gasteiger charge is 2.04. The SMILES string of the molecule is CCNC(=NCCC(=O)Nc1cccc(C)n1)NCCc1ccccn1.I. The molecule has 0 saturated heterocycles. The third-order valence-corrected chi connectivity index (χ3v) is 3.51. The van der Waals surface area contributed by atoms with E-state index in [-0.39, 0.29) is 29.9 Å². The van der Waals surface area contributed by atoms with Crippen LogP contribution in [0.3, 0.4) is 0 Å². The van der Waals surface area contributed by atoms with Gasteiger partial charge in [0.1, 0.15) is 5.82 Å². The predicted molar refractivity (Wildman–Crippen MR) is 120 cm³/mol. The number of amides is 1. The van der Waals surface area contributed by atoms with Gasteiger partial charge in [-0.05, 0) is 38.1 Å². The minimum Gasteiger partial charge on any atom is -0.357 e. The van der Waals surface area contributed by atoms with Crippen molar-refractivity contribution in [1.29, 1.82) is 0 Å². The van der Waals surface area contributed by atoms with E-state index in [9.17, 15) is 4.79 Å². The number of aryl methyl sites for hydroxylation is 1. The fourth-order valence-electron chi connectivity index (χ4n) is 2.28. The average Bonchev–Trinajstić information content (AvgIpc) is 2.62. The van der Waals surface area contributed by atoms with Gasteiger partial charge >= 0.3 is 0 Å². The van der Waals surface area contributed by atoms with Gasteiger partial charge in [0, 0.05) is 43.5 Å². The van der Waals surface area contributed by atoms with Crippen LogP contribution >= 0.6 is 24.0 Å². The molecule has 3 N–H and O–H groups in total. The van der Waals surface area contributed by atoms with E-state index in [0.29, 0.717) is 24.7 Å². The standard InChI is InChI=1S/C19H26N6O.HI/c1-3-20-19(22-13-10-16-8-4-5-12-21-16)23-14-11-18(26)25-17-9-6-7-15(2)24-17;/h4-9,12H,3,10-11,13-14H2,1-2H3,(H2,20,22,23)(H,24,25,26);1H. The molecule has 0 atom stereocenters. The van der Waals surface area contributed by atoms with Gasteiger partial charge in [0.15, 0.2) is 5.96 Å². The molecular formula is C19H27IN6O. The number of hydrogen-bond donors (Lipinski definition) is 3. The zero-order valence-corrected chi connectivity index (χ0v) is 18.1. The minimum absolute atomic E-state index is 0. The summed E-state index contributed by atoms with van der Waals surface area (Å²) in [4.78, 5) is 25.0. The molecule has 0 unspecified atom stereocenters. The number of nitrogens with zero attached hydrogens (tertiary/aromatic N) is 3. The number of halogens is 1. The number of aliphatic imine (C=N–C) groups is 1. The van der Waals surface area contributed by atoms with E-state index in [2.05, 4.69) is 30.9 Å². The zero-order valence-electron chi connectivity index (χ0n) is 15.7. The van der Waals surface area contributed by atoms with E-state index < -0.39 is 0 Å². The van der Waals surface area contributed by atoms with Gasteiger partial charge in [-0.1, -0.05) is 12.1 Å². The molecule has 7 nitrogen and oxygen atoms in total. The fourth-order valence-corrected chi connectivity index (χ4v) is 2.28. The lowest BCUT2D eigenvalue weighted by Crippen LogP contribution is -2.38. The molecule has 2 heterocycles. The van der Waals surface area contributed by atoms with Crippen molar-refractivity contribution < 1.29 is 4.79 Å². The third kappa shape index (κ3) is 9.32. The van der Waals surface area contributed by atoms with Crippen molar-refractivity contribution in [3.63, 3.8) is 0 Å². The Morgan fingerprint density at radius 2 is 2.00 bits per heavy atom. The molecule has 0 aliphatic rings. The molecule has 2 aromatic rings. The lowest BCUT2D eigenvalue weighted by Gasteiger charge is -2.11. The van der Waals surface area contributed by atoms with Crippen LogP contribution in [0.25, 0.3) is 0 Å². The second-order valence-electron chi connectivity index (χ2n) is 5.72. The van der Waals surface area contributed by atoms with Crippen molar-refractivity contribution >= 4 is 41.7 Å². The molecule has 0 saturated carbocycles. The van der Waals surface area contributed by atoms with Crippen molar-refractivity contribution in [3.05, 3.63) is 54.0 Å². The highest BCUT2D eigenvalue weighted by Crippen LogP contribution is 2.04. The molecule has 1 amide bonds. The summed E-state index contributed by atoms with van der Waals surface area (Å²) in [5, 5.41) is 9.21. The number of carbonyl (C=O) groups is 1. The van der Waals surface area contributed by atoms with Crippen LogP contribution in [0.5, 0.6) is 0 Å². The van der Waals surface area contributed by atoms with Crippen LogP contribution in [0.1, 0.15) is 24.7 Å². The number of pyridine rings is 2. The summed E-state index contributed by atoms with van der Waals surface area (Å²) in [6, 6.07) is 11.4. The summed E-state index contributed by atoms with van der Waals surface area (Å²) in [5.41, 5.74) is 1.90. The molecule has 0 fully saturated rings. The van der Waals surface area contributed by atoms with Crippen LogP contribution in [-0.4, -0.2) is 41.5 Å². The number of carbonyl (C=O) groups excluding carboxylic acids is 1. The molecule has 0 radical (unpaired) electrons. The first-order valence-electron chi connectivity index (χ1n) is 8.83. The first kappa shape index (κ1) is 22.8. The number of rotatable bonds is 8. The van der Waals surface area contributed by atoms with Crippen LogP contribution in [0.4, 0.5) is 5.82 Å². The molecule has 0 aliphatic carbocycles. The number of aromatic nitrogens is 2. The Balaban J connectivity index is 0.00000364. The summed E-state index contributed by atoms with van der Waals surface area (Å²) >= 11 is 0. The number of hydrogen-bond acceptors (Lipinski definition) is 4. The van der Waals surface area contributed by atoms with Gasteiger partial charge in [-0.15, -0.1) is 24.0 Å². The van der Waals surface area contributed by atoms with Crippen molar-refractivity contribution in [1.82, 2.24) is 20.6 Å². The van der Waals surface area contributed by atoms with Gasteiger partial charge in [0.05, 0.1) is 6.54 Å². The quantitative estimate of drug-likeness (QED) is 0.306. The van der Waals surface area contributed by atoms with Gasteiger partial charge in [-0.3, -0.25) is 14.8 Å². The molecule has 2 rings (SSSR count). The van der Waals surface area contributed by atoms with E-state index in [1.165, 1.54) is 0 Å². The van der Waals surface area contributed by atoms with E-state index in [4.69, 9.17) is 0 Å². The van der Waals surface area contributed by atoms with Crippen LogP contribution < -0.4 is 16.0 Å². The first-order valence-corrected chi connectivity index (χ1v) is 8.83. The number of anilines is 1. The van der Waals surface area contributed by atoms with E-state index in [0.717, 1.165) is 30.9 Å². The Bertz CT molecular complexity index is 723. The molecule has 0 aliphatic heterocycles. The Kier molecular flexibility index (Phi) is 11.0. The van der Waals surface area contributed by atoms with Gasteiger partial charge < -0.3 is 16.0 Å². The topological polar surface area (TPSA) is 91.3 Å². The summed E-state index contributed by atoms with van der Waals surface area (Å²) in [6.07, 6.45) is 2.90. The van der Waals surface area contributed by atoms with E-state index in [1.807, 2.05) is 44.2 Å². The van der Waals surface area contributed by atoms with Gasteiger partial charge in [0.25, 0.3) is 0 Å². The van der Waals surface area contributed by atoms with E-state index in [1.54, 1.807) is 12.3 Å². The molecule has 27 heavy (non-hydrogen) atoms. The maximum Gasteiger partial charge on any atom is 0.227 e. The van der Waals surface area contributed by atoms with Gasteiger partial charge in [-0.25, -0.2) is 4.98 Å². The summed E-state index contributed by atoms with van der Waals surface area (Å²) in [7, 11) is 0. The van der Waals surface area contributed by atoms with Crippen LogP contribution in [0.2, 0.25) is 0 Å². The minimum atomic E-state index is -0.101. The number of nitrogens with one attached hydrogen (secondary N) is 3. The fraction of sp³-hybridized carbons (Fsp3) is 0.368. The largest absolute Gasteiger partial charge is 0.357 e. The highest BCUT2D eigenvalue weighted by atomic mass is 127. The first-order chi connectivity index (χ1) is 12.7. The maximum absolute atomic E-state index is 12.0. The van der Waals surface area contributed by atoms with Crippen LogP contribution in [0.15, 0.2) is 47.6 Å². The Morgan fingerprint density at radius 1 is 1.15 bits per heavy atom. The highest BCUT2D eigenvalue weighted by molar-refractivity contribution is 14.0. The lowest BCUT2D eigenvalue weighted by molar-refractivity contribution is -0.116. The second-order valence-corrected chi connectivity index (χ2v) is 5.72. The van der Waals surface area contributed by atoms with E-state index >= 15 is 0 Å². The monoisotopic (exact) mass is 482 g/mol. The zero-order chi connectivity index (χ0) is 18.6. The molecule has 0 bridgehead atoms. The Hall–Kier alpha value is -2.23. The van der Waals surface area contributed by atoms with Crippen molar-refractivity contribution in [2.75, 3.05) is 25.0 Å². The van der Waals surface area contributed by atoms with Crippen molar-refractivity contribution in [2.24, 2.45) is 4.99 Å². The van der Waals surface area contributed by atoms with Crippen molar-refractivity contribution in [2.45, 2.75) is 26.7 Å². The van der Waals surface area contributed by atoms with Crippen LogP contribution in [-0.2, 0) is 11.2 Å². The predicted octanol–water partition coefficient (Wildman–Crippen LogP) is 2.53. The van der Waals surface area contributed by atoms with Gasteiger partial charge in [-0.2, -0.15) is 0 Å². The maximum atomic E-state index is 12.0. The second kappa shape index (κ2) is 13.0. The van der Waals surface area contributed by atoms with Crippen LogP contribution in [0, 0.1) is 6.92 Å². The third-order valence-electron chi connectivity index (χ3n) is 3.51. The summed E-state index contributed by atoms with van der Waals surface area (Å²) in [5.74, 6) is 1.17. The normalized spacial score (nSPS) is 10.7. The summed E-state index contributed by atoms with van der Waals surface area (Å²) < 4.78 is 0. The number of guanidine groups is 1. The average molecular weight is 482 g/mol. The molecule has 8 heteroatoms. The summed E-state index contributed by atoms with van der Waals surface area (Å²) in [6.45, 7) is 5.78. The lowest BCUT2D eigenvalue weighted by atomic mass is 10.3. The molecular weight excluding hydrogens is 455 g/mol. The Morgan fingerprint density at radius 3 is 2.70 bits per heavy atom. The molecule has 0 spiro atoms. The molecule has 0 aromatic carbocycles. The van der Waals surface area contributed by atoms with Gasteiger partial charge in [0.2, 0.25) is 5.91 Å². The molecule has 146 valence electrons. The molecule has 2 aromatic heterocycles. The Labute approximate surface area is 177 Å².